The van der Waals surface area contributed by atoms with Crippen molar-refractivity contribution in [2.75, 3.05) is 20.2 Å². The number of pyridine rings is 1. The Morgan fingerprint density at radius 2 is 2.06 bits per heavy atom. The summed E-state index contributed by atoms with van der Waals surface area (Å²) in [4.78, 5) is 6.86. The molecule has 2 rings (SSSR count). The molecule has 1 N–H and O–H groups in total. The molecule has 0 spiro atoms. The van der Waals surface area contributed by atoms with E-state index in [0.29, 0.717) is 0 Å². The van der Waals surface area contributed by atoms with E-state index < -0.39 is 0 Å². The van der Waals surface area contributed by atoms with Crippen LogP contribution in [0.25, 0.3) is 0 Å². The van der Waals surface area contributed by atoms with Gasteiger partial charge in [-0.05, 0) is 26.7 Å². The molecule has 1 aliphatic rings. The lowest BCUT2D eigenvalue weighted by Crippen LogP contribution is -2.35. The fraction of sp³-hybridized carbons (Fsp3) is 0.643. The molecule has 1 saturated heterocycles. The van der Waals surface area contributed by atoms with Crippen LogP contribution in [0.15, 0.2) is 6.20 Å². The molecule has 0 atom stereocenters. The highest BCUT2D eigenvalue weighted by molar-refractivity contribution is 5.41. The molecule has 1 fully saturated rings. The van der Waals surface area contributed by atoms with E-state index in [0.717, 1.165) is 55.0 Å². The van der Waals surface area contributed by atoms with Gasteiger partial charge in [0.05, 0.1) is 18.9 Å². The van der Waals surface area contributed by atoms with Crippen LogP contribution in [0, 0.1) is 13.8 Å². The number of piperidine rings is 1. The fourth-order valence-electron chi connectivity index (χ4n) is 2.52. The third kappa shape index (κ3) is 2.82. The lowest BCUT2D eigenvalue weighted by Gasteiger charge is -2.29. The summed E-state index contributed by atoms with van der Waals surface area (Å²) in [7, 11) is 1.70. The number of hydrogen-bond acceptors (Lipinski definition) is 4. The van der Waals surface area contributed by atoms with Crippen LogP contribution >= 0.6 is 0 Å². The third-order valence-corrected chi connectivity index (χ3v) is 3.68. The molecule has 18 heavy (non-hydrogen) atoms. The molecule has 4 nitrogen and oxygen atoms in total. The summed E-state index contributed by atoms with van der Waals surface area (Å²) in [6.07, 6.45) is 3.48. The number of ether oxygens (including phenoxy) is 1. The van der Waals surface area contributed by atoms with E-state index in [-0.39, 0.29) is 6.10 Å². The lowest BCUT2D eigenvalue weighted by atomic mass is 10.1. The monoisotopic (exact) mass is 250 g/mol. The van der Waals surface area contributed by atoms with E-state index >= 15 is 0 Å². The van der Waals surface area contributed by atoms with Crippen LogP contribution in [0.4, 0.5) is 0 Å². The molecule has 2 heterocycles. The zero-order valence-corrected chi connectivity index (χ0v) is 11.4. The van der Waals surface area contributed by atoms with Crippen LogP contribution in [0.3, 0.4) is 0 Å². The largest absolute Gasteiger partial charge is 0.496 e. The van der Waals surface area contributed by atoms with E-state index in [1.807, 2.05) is 13.1 Å². The van der Waals surface area contributed by atoms with Gasteiger partial charge in [0.2, 0.25) is 0 Å². The molecule has 0 amide bonds. The molecule has 4 heteroatoms. The van der Waals surface area contributed by atoms with Crippen molar-refractivity contribution in [1.82, 2.24) is 9.88 Å². The fourth-order valence-corrected chi connectivity index (χ4v) is 2.52. The molecule has 0 unspecified atom stereocenters. The number of rotatable bonds is 3. The summed E-state index contributed by atoms with van der Waals surface area (Å²) in [6, 6.07) is 0. The van der Waals surface area contributed by atoms with Crippen LogP contribution < -0.4 is 4.74 Å². The predicted molar refractivity (Wildman–Crippen MR) is 70.8 cm³/mol. The Bertz CT molecular complexity index is 413. The number of nitrogens with zero attached hydrogens (tertiary/aromatic N) is 2. The number of aliphatic hydroxyl groups is 1. The average Bonchev–Trinajstić information content (AvgIpc) is 2.36. The molecule has 1 aromatic rings. The van der Waals surface area contributed by atoms with Crippen molar-refractivity contribution in [1.29, 1.82) is 0 Å². The van der Waals surface area contributed by atoms with Gasteiger partial charge in [0.25, 0.3) is 0 Å². The topological polar surface area (TPSA) is 45.6 Å². The molecular formula is C14H22N2O2. The van der Waals surface area contributed by atoms with Gasteiger partial charge in [0.1, 0.15) is 5.75 Å². The van der Waals surface area contributed by atoms with Crippen molar-refractivity contribution in [3.63, 3.8) is 0 Å². The van der Waals surface area contributed by atoms with Crippen molar-refractivity contribution in [3.8, 4) is 5.75 Å². The van der Waals surface area contributed by atoms with Gasteiger partial charge < -0.3 is 9.84 Å². The van der Waals surface area contributed by atoms with Gasteiger partial charge in [-0.1, -0.05) is 0 Å². The first kappa shape index (κ1) is 13.3. The summed E-state index contributed by atoms with van der Waals surface area (Å²) >= 11 is 0. The lowest BCUT2D eigenvalue weighted by molar-refractivity contribution is 0.0785. The van der Waals surface area contributed by atoms with Crippen LogP contribution in [0.5, 0.6) is 5.75 Å². The molecule has 0 aliphatic carbocycles. The van der Waals surface area contributed by atoms with Gasteiger partial charge in [-0.25, -0.2) is 0 Å². The highest BCUT2D eigenvalue weighted by Crippen LogP contribution is 2.25. The molecular weight excluding hydrogens is 228 g/mol. The summed E-state index contributed by atoms with van der Waals surface area (Å²) in [5.41, 5.74) is 3.28. The van der Waals surface area contributed by atoms with Gasteiger partial charge in [0.15, 0.2) is 0 Å². The van der Waals surface area contributed by atoms with Gasteiger partial charge in [-0.15, -0.1) is 0 Å². The molecule has 0 radical (unpaired) electrons. The van der Waals surface area contributed by atoms with Crippen LogP contribution in [0.1, 0.15) is 29.7 Å². The van der Waals surface area contributed by atoms with Gasteiger partial charge in [-0.2, -0.15) is 0 Å². The summed E-state index contributed by atoms with van der Waals surface area (Å²) in [6.45, 7) is 6.80. The second kappa shape index (κ2) is 5.67. The number of aryl methyl sites for hydroxylation is 1. The molecule has 0 bridgehead atoms. The number of aliphatic hydroxyl groups excluding tert-OH is 1. The minimum absolute atomic E-state index is 0.122. The predicted octanol–water partition coefficient (Wildman–Crippen LogP) is 1.66. The Morgan fingerprint density at radius 3 is 2.67 bits per heavy atom. The first-order valence-corrected chi connectivity index (χ1v) is 6.51. The minimum atomic E-state index is -0.122. The number of aromatic nitrogens is 1. The Kier molecular flexibility index (Phi) is 4.19. The van der Waals surface area contributed by atoms with E-state index in [2.05, 4.69) is 16.8 Å². The van der Waals surface area contributed by atoms with Crippen molar-refractivity contribution >= 4 is 0 Å². The zero-order valence-electron chi connectivity index (χ0n) is 11.4. The molecule has 0 aromatic carbocycles. The van der Waals surface area contributed by atoms with Crippen molar-refractivity contribution in [2.24, 2.45) is 0 Å². The highest BCUT2D eigenvalue weighted by atomic mass is 16.5. The van der Waals surface area contributed by atoms with Crippen molar-refractivity contribution in [3.05, 3.63) is 23.0 Å². The average molecular weight is 250 g/mol. The zero-order chi connectivity index (χ0) is 13.1. The maximum absolute atomic E-state index is 9.50. The maximum Gasteiger partial charge on any atom is 0.128 e. The van der Waals surface area contributed by atoms with E-state index in [1.165, 1.54) is 0 Å². The Hall–Kier alpha value is -1.13. The maximum atomic E-state index is 9.50. The van der Waals surface area contributed by atoms with Gasteiger partial charge >= 0.3 is 0 Å². The van der Waals surface area contributed by atoms with Crippen LogP contribution in [0.2, 0.25) is 0 Å². The number of methoxy groups -OCH3 is 1. The Labute approximate surface area is 109 Å². The number of likely N-dealkylation sites (tertiary alicyclic amines) is 1. The summed E-state index contributed by atoms with van der Waals surface area (Å²) < 4.78 is 5.42. The summed E-state index contributed by atoms with van der Waals surface area (Å²) in [5, 5.41) is 9.50. The molecule has 0 saturated carbocycles. The summed E-state index contributed by atoms with van der Waals surface area (Å²) in [5.74, 6) is 0.942. The third-order valence-electron chi connectivity index (χ3n) is 3.68. The van der Waals surface area contributed by atoms with E-state index in [9.17, 15) is 5.11 Å². The van der Waals surface area contributed by atoms with Crippen molar-refractivity contribution in [2.45, 2.75) is 39.3 Å². The highest BCUT2D eigenvalue weighted by Gasteiger charge is 2.19. The normalized spacial score (nSPS) is 18.0. The van der Waals surface area contributed by atoms with E-state index in [1.54, 1.807) is 7.11 Å². The first-order valence-electron chi connectivity index (χ1n) is 6.51. The Morgan fingerprint density at radius 1 is 1.39 bits per heavy atom. The molecule has 1 aliphatic heterocycles. The SMILES string of the molecule is COc1c(C)cnc(CN2CCC(O)CC2)c1C. The minimum Gasteiger partial charge on any atom is -0.496 e. The van der Waals surface area contributed by atoms with Crippen LogP contribution in [-0.4, -0.2) is 41.3 Å². The quantitative estimate of drug-likeness (QED) is 0.886. The number of hydrogen-bond donors (Lipinski definition) is 1. The van der Waals surface area contributed by atoms with Crippen molar-refractivity contribution < 1.29 is 9.84 Å². The van der Waals surface area contributed by atoms with E-state index in [4.69, 9.17) is 4.74 Å². The first-order chi connectivity index (χ1) is 8.61. The molecule has 1 aromatic heterocycles. The standard InChI is InChI=1S/C14H22N2O2/c1-10-8-15-13(11(2)14(10)18-3)9-16-6-4-12(17)5-7-16/h8,12,17H,4-7,9H2,1-3H3. The van der Waals surface area contributed by atoms with Crippen LogP contribution in [-0.2, 0) is 6.54 Å². The second-order valence-corrected chi connectivity index (χ2v) is 5.05. The Balaban J connectivity index is 2.10. The van der Waals surface area contributed by atoms with Gasteiger partial charge in [0, 0.05) is 37.0 Å². The second-order valence-electron chi connectivity index (χ2n) is 5.05. The van der Waals surface area contributed by atoms with Gasteiger partial charge in [-0.3, -0.25) is 9.88 Å². The smallest absolute Gasteiger partial charge is 0.128 e. The molecule has 100 valence electrons.